The molecule has 0 unspecified atom stereocenters. The number of benzene rings is 1. The second kappa shape index (κ2) is 5.52. The van der Waals surface area contributed by atoms with Crippen LogP contribution in [0.25, 0.3) is 16.6 Å². The fourth-order valence-corrected chi connectivity index (χ4v) is 3.53. The smallest absolute Gasteiger partial charge is 0.348 e. The molecule has 3 aromatic rings. The van der Waals surface area contributed by atoms with E-state index in [4.69, 9.17) is 23.2 Å². The van der Waals surface area contributed by atoms with E-state index in [-0.39, 0.29) is 26.5 Å². The molecule has 2 heterocycles. The van der Waals surface area contributed by atoms with E-state index in [1.54, 1.807) is 6.92 Å². The van der Waals surface area contributed by atoms with Gasteiger partial charge in [-0.25, -0.2) is 14.2 Å². The fraction of sp³-hybridized carbons (Fsp3) is 0.0714. The van der Waals surface area contributed by atoms with Crippen molar-refractivity contribution in [3.63, 3.8) is 0 Å². The van der Waals surface area contributed by atoms with Crippen LogP contribution in [-0.4, -0.2) is 20.6 Å². The van der Waals surface area contributed by atoms with Gasteiger partial charge >= 0.3 is 11.7 Å². The first-order valence-electron chi connectivity index (χ1n) is 6.28. The molecule has 2 aromatic heterocycles. The van der Waals surface area contributed by atoms with Crippen molar-refractivity contribution in [2.75, 3.05) is 0 Å². The number of carboxylic acids is 1. The largest absolute Gasteiger partial charge is 0.477 e. The summed E-state index contributed by atoms with van der Waals surface area (Å²) in [6.45, 7) is 1.62. The van der Waals surface area contributed by atoms with Crippen molar-refractivity contribution >= 4 is 51.4 Å². The van der Waals surface area contributed by atoms with Crippen molar-refractivity contribution in [2.45, 2.75) is 6.92 Å². The molecule has 0 aliphatic rings. The molecule has 0 fully saturated rings. The number of carbonyl (C=O) groups is 1. The lowest BCUT2D eigenvalue weighted by Crippen LogP contribution is -2.33. The van der Waals surface area contributed by atoms with Crippen molar-refractivity contribution in [2.24, 2.45) is 0 Å². The predicted molar refractivity (Wildman–Crippen MR) is 89.8 cm³/mol. The molecule has 0 atom stereocenters. The molecule has 0 aliphatic carbocycles. The molecule has 0 radical (unpaired) electrons. The third-order valence-corrected chi connectivity index (χ3v) is 5.12. The molecule has 2 N–H and O–H groups in total. The van der Waals surface area contributed by atoms with Crippen LogP contribution in [0, 0.1) is 6.92 Å². The highest BCUT2D eigenvalue weighted by Crippen LogP contribution is 2.27. The van der Waals surface area contributed by atoms with E-state index in [1.807, 2.05) is 0 Å². The molecule has 6 nitrogen and oxygen atoms in total. The normalized spacial score (nSPS) is 11.1. The number of fused-ring (bicyclic) bond motifs is 1. The van der Waals surface area contributed by atoms with Gasteiger partial charge in [-0.2, -0.15) is 0 Å². The average molecular weight is 371 g/mol. The Morgan fingerprint density at radius 3 is 2.57 bits per heavy atom. The van der Waals surface area contributed by atoms with Crippen LogP contribution >= 0.6 is 34.5 Å². The molecule has 118 valence electrons. The monoisotopic (exact) mass is 370 g/mol. The number of hydrogen-bond donors (Lipinski definition) is 2. The molecule has 3 rings (SSSR count). The van der Waals surface area contributed by atoms with Gasteiger partial charge in [0.05, 0.1) is 26.6 Å². The van der Waals surface area contributed by atoms with Gasteiger partial charge in [-0.3, -0.25) is 4.79 Å². The van der Waals surface area contributed by atoms with Gasteiger partial charge in [0.25, 0.3) is 5.56 Å². The van der Waals surface area contributed by atoms with Gasteiger partial charge in [0.15, 0.2) is 0 Å². The van der Waals surface area contributed by atoms with Crippen molar-refractivity contribution < 1.29 is 9.90 Å². The molecule has 0 saturated carbocycles. The number of aromatic amines is 1. The highest BCUT2D eigenvalue weighted by Gasteiger charge is 2.20. The number of halogens is 2. The van der Waals surface area contributed by atoms with E-state index >= 15 is 0 Å². The quantitative estimate of drug-likeness (QED) is 0.724. The zero-order valence-electron chi connectivity index (χ0n) is 11.5. The number of aryl methyl sites for hydroxylation is 1. The molecule has 1 aromatic carbocycles. The zero-order chi connectivity index (χ0) is 16.9. The number of thiophene rings is 1. The van der Waals surface area contributed by atoms with Gasteiger partial charge < -0.3 is 10.1 Å². The highest BCUT2D eigenvalue weighted by molar-refractivity contribution is 7.15. The Bertz CT molecular complexity index is 1080. The number of nitrogens with one attached hydrogen (secondary N) is 1. The maximum absolute atomic E-state index is 12.7. The Labute approximate surface area is 142 Å². The molecule has 23 heavy (non-hydrogen) atoms. The van der Waals surface area contributed by atoms with E-state index < -0.39 is 17.2 Å². The first-order chi connectivity index (χ1) is 10.8. The Kier molecular flexibility index (Phi) is 3.79. The van der Waals surface area contributed by atoms with E-state index in [9.17, 15) is 19.5 Å². The SMILES string of the molecule is Cc1sc(C(=O)O)c2[nH]c(=O)n(-c3ccc(Cl)c(Cl)c3)c(=O)c12. The number of aromatic carboxylic acids is 1. The number of hydrogen-bond acceptors (Lipinski definition) is 4. The lowest BCUT2D eigenvalue weighted by atomic mass is 10.2. The Hall–Kier alpha value is -2.09. The minimum Gasteiger partial charge on any atom is -0.477 e. The van der Waals surface area contributed by atoms with E-state index in [1.165, 1.54) is 18.2 Å². The predicted octanol–water partition coefficient (Wildman–Crippen LogP) is 3.05. The second-order valence-electron chi connectivity index (χ2n) is 4.71. The maximum atomic E-state index is 12.7. The summed E-state index contributed by atoms with van der Waals surface area (Å²) in [5.74, 6) is -1.20. The Balaban J connectivity index is 2.42. The standard InChI is InChI=1S/C14H8Cl2N2O4S/c1-5-9-10(11(23-5)13(20)21)17-14(22)18(12(9)19)6-2-3-7(15)8(16)4-6/h2-4H,1H3,(H,17,22)(H,20,21). The number of rotatable bonds is 2. The molecule has 0 spiro atoms. The Morgan fingerprint density at radius 2 is 1.96 bits per heavy atom. The summed E-state index contributed by atoms with van der Waals surface area (Å²) >= 11 is 12.7. The second-order valence-corrected chi connectivity index (χ2v) is 6.75. The van der Waals surface area contributed by atoms with Crippen LogP contribution in [0.15, 0.2) is 27.8 Å². The molecule has 9 heteroatoms. The van der Waals surface area contributed by atoms with Gasteiger partial charge in [-0.15, -0.1) is 11.3 Å². The van der Waals surface area contributed by atoms with Gasteiger partial charge in [-0.1, -0.05) is 23.2 Å². The van der Waals surface area contributed by atoms with Crippen LogP contribution in [0.1, 0.15) is 14.5 Å². The first-order valence-corrected chi connectivity index (χ1v) is 7.85. The topological polar surface area (TPSA) is 92.2 Å². The van der Waals surface area contributed by atoms with Crippen LogP contribution in [0.4, 0.5) is 0 Å². The van der Waals surface area contributed by atoms with Gasteiger partial charge in [0.1, 0.15) is 4.88 Å². The Morgan fingerprint density at radius 1 is 1.26 bits per heavy atom. The minimum absolute atomic E-state index is 0.0336. The summed E-state index contributed by atoms with van der Waals surface area (Å²) in [6, 6.07) is 4.35. The summed E-state index contributed by atoms with van der Waals surface area (Å²) in [6.07, 6.45) is 0. The number of H-pyrrole nitrogens is 1. The third-order valence-electron chi connectivity index (χ3n) is 3.29. The lowest BCUT2D eigenvalue weighted by Gasteiger charge is -2.06. The van der Waals surface area contributed by atoms with Crippen LogP contribution in [0.2, 0.25) is 10.0 Å². The number of nitrogens with zero attached hydrogens (tertiary/aromatic N) is 1. The minimum atomic E-state index is -1.20. The summed E-state index contributed by atoms with van der Waals surface area (Å²) in [4.78, 5) is 39.1. The molecule has 0 saturated heterocycles. The highest BCUT2D eigenvalue weighted by atomic mass is 35.5. The van der Waals surface area contributed by atoms with Gasteiger partial charge in [0.2, 0.25) is 0 Å². The average Bonchev–Trinajstić information content (AvgIpc) is 2.80. The lowest BCUT2D eigenvalue weighted by molar-refractivity contribution is 0.0704. The van der Waals surface area contributed by atoms with Crippen molar-refractivity contribution in [1.29, 1.82) is 0 Å². The summed E-state index contributed by atoms with van der Waals surface area (Å²) in [7, 11) is 0. The first kappa shape index (κ1) is 15.8. The summed E-state index contributed by atoms with van der Waals surface area (Å²) in [5.41, 5.74) is -1.08. The van der Waals surface area contributed by atoms with Crippen molar-refractivity contribution in [1.82, 2.24) is 9.55 Å². The van der Waals surface area contributed by atoms with Crippen LogP contribution in [0.3, 0.4) is 0 Å². The van der Waals surface area contributed by atoms with Crippen LogP contribution in [-0.2, 0) is 0 Å². The van der Waals surface area contributed by atoms with Crippen molar-refractivity contribution in [3.05, 3.63) is 58.8 Å². The number of aromatic nitrogens is 2. The van der Waals surface area contributed by atoms with Crippen LogP contribution < -0.4 is 11.2 Å². The maximum Gasteiger partial charge on any atom is 0.348 e. The van der Waals surface area contributed by atoms with Gasteiger partial charge in [-0.05, 0) is 25.1 Å². The van der Waals surface area contributed by atoms with E-state index in [0.29, 0.717) is 9.90 Å². The molecular formula is C14H8Cl2N2O4S. The van der Waals surface area contributed by atoms with Gasteiger partial charge in [0, 0.05) is 4.88 Å². The van der Waals surface area contributed by atoms with Crippen LogP contribution in [0.5, 0.6) is 0 Å². The van der Waals surface area contributed by atoms with Crippen molar-refractivity contribution in [3.8, 4) is 5.69 Å². The van der Waals surface area contributed by atoms with E-state index in [2.05, 4.69) is 4.98 Å². The summed E-state index contributed by atoms with van der Waals surface area (Å²) < 4.78 is 0.899. The molecule has 0 aliphatic heterocycles. The molecule has 0 amide bonds. The molecular weight excluding hydrogens is 363 g/mol. The molecule has 0 bridgehead atoms. The fourth-order valence-electron chi connectivity index (χ4n) is 2.30. The third kappa shape index (κ3) is 2.46. The summed E-state index contributed by atoms with van der Waals surface area (Å²) in [5, 5.41) is 9.83. The zero-order valence-corrected chi connectivity index (χ0v) is 13.8. The van der Waals surface area contributed by atoms with E-state index in [0.717, 1.165) is 15.9 Å². The number of carboxylic acid groups (broad SMARTS) is 1.